The number of rotatable bonds is 2. The van der Waals surface area contributed by atoms with Gasteiger partial charge in [0.25, 0.3) is 0 Å². The molecule has 0 N–H and O–H groups in total. The zero-order valence-electron chi connectivity index (χ0n) is 13.0. The minimum Gasteiger partial charge on any atom is -0.0590 e. The molecule has 2 rings (SSSR count). The summed E-state index contributed by atoms with van der Waals surface area (Å²) in [6.07, 6.45) is 1.05. The van der Waals surface area contributed by atoms with E-state index in [0.29, 0.717) is 0 Å². The Morgan fingerprint density at radius 3 is 1.84 bits per heavy atom. The van der Waals surface area contributed by atoms with Crippen LogP contribution in [0, 0.1) is 41.5 Å². The van der Waals surface area contributed by atoms with E-state index in [-0.39, 0.29) is 0 Å². The Kier molecular flexibility index (Phi) is 3.80. The Bertz CT molecular complexity index is 592. The molecule has 0 nitrogen and oxygen atoms in total. The molecule has 2 aromatic rings. The van der Waals surface area contributed by atoms with E-state index in [9.17, 15) is 0 Å². The summed E-state index contributed by atoms with van der Waals surface area (Å²) in [6.45, 7) is 13.3. The zero-order chi connectivity index (χ0) is 14.2. The molecule has 0 atom stereocenters. The molecule has 0 saturated carbocycles. The molecular weight excluding hydrogens is 228 g/mol. The second kappa shape index (κ2) is 5.21. The molecular formula is C19H24. The lowest BCUT2D eigenvalue weighted by Gasteiger charge is -2.16. The van der Waals surface area contributed by atoms with E-state index in [1.165, 1.54) is 44.5 Å². The van der Waals surface area contributed by atoms with E-state index in [0.717, 1.165) is 6.42 Å². The van der Waals surface area contributed by atoms with Gasteiger partial charge in [0.15, 0.2) is 0 Å². The van der Waals surface area contributed by atoms with Gasteiger partial charge in [-0.25, -0.2) is 0 Å². The average molecular weight is 252 g/mol. The molecule has 0 spiro atoms. The number of hydrogen-bond donors (Lipinski definition) is 0. The first-order chi connectivity index (χ1) is 8.90. The molecule has 0 unspecified atom stereocenters. The van der Waals surface area contributed by atoms with Crippen LogP contribution in [0.2, 0.25) is 0 Å². The maximum absolute atomic E-state index is 2.33. The van der Waals surface area contributed by atoms with Crippen molar-refractivity contribution in [3.05, 3.63) is 68.8 Å². The lowest BCUT2D eigenvalue weighted by molar-refractivity contribution is 1.07. The summed E-state index contributed by atoms with van der Waals surface area (Å²) < 4.78 is 0. The lowest BCUT2D eigenvalue weighted by atomic mass is 9.89. The van der Waals surface area contributed by atoms with Crippen molar-refractivity contribution in [3.8, 4) is 0 Å². The fourth-order valence-electron chi connectivity index (χ4n) is 2.74. The highest BCUT2D eigenvalue weighted by Gasteiger charge is 2.10. The highest BCUT2D eigenvalue weighted by atomic mass is 14.1. The normalized spacial score (nSPS) is 10.8. The Morgan fingerprint density at radius 1 is 0.684 bits per heavy atom. The van der Waals surface area contributed by atoms with Gasteiger partial charge >= 0.3 is 0 Å². The fourth-order valence-corrected chi connectivity index (χ4v) is 2.74. The quantitative estimate of drug-likeness (QED) is 0.695. The fraction of sp³-hybridized carbons (Fsp3) is 0.368. The van der Waals surface area contributed by atoms with Gasteiger partial charge in [-0.3, -0.25) is 0 Å². The lowest BCUT2D eigenvalue weighted by Crippen LogP contribution is -2.02. The summed E-state index contributed by atoms with van der Waals surface area (Å²) in [6, 6.07) is 9.06. The standard InChI is InChI=1S/C19H24/c1-12-7-8-13(2)18(9-12)11-19-16(5)14(3)10-15(4)17(19)6/h7-10H,11H2,1-6H3. The topological polar surface area (TPSA) is 0 Å². The first-order valence-corrected chi connectivity index (χ1v) is 7.02. The molecule has 100 valence electrons. The highest BCUT2D eigenvalue weighted by Crippen LogP contribution is 2.25. The van der Waals surface area contributed by atoms with Gasteiger partial charge in [-0.2, -0.15) is 0 Å². The van der Waals surface area contributed by atoms with E-state index in [1.807, 2.05) is 0 Å². The van der Waals surface area contributed by atoms with Crippen LogP contribution in [-0.2, 0) is 6.42 Å². The predicted octanol–water partition coefficient (Wildman–Crippen LogP) is 5.13. The van der Waals surface area contributed by atoms with Crippen LogP contribution in [0.1, 0.15) is 44.5 Å². The van der Waals surface area contributed by atoms with Gasteiger partial charge < -0.3 is 0 Å². The first kappa shape index (κ1) is 13.9. The van der Waals surface area contributed by atoms with Gasteiger partial charge in [0.05, 0.1) is 0 Å². The second-order valence-electron chi connectivity index (χ2n) is 5.85. The van der Waals surface area contributed by atoms with Crippen molar-refractivity contribution in [3.63, 3.8) is 0 Å². The maximum Gasteiger partial charge on any atom is -0.00176 e. The Morgan fingerprint density at radius 2 is 1.26 bits per heavy atom. The smallest absolute Gasteiger partial charge is 0.00176 e. The number of hydrogen-bond acceptors (Lipinski definition) is 0. The highest BCUT2D eigenvalue weighted by molar-refractivity contribution is 5.47. The van der Waals surface area contributed by atoms with E-state index in [4.69, 9.17) is 0 Å². The van der Waals surface area contributed by atoms with E-state index >= 15 is 0 Å². The Balaban J connectivity index is 2.52. The minimum absolute atomic E-state index is 1.05. The third-order valence-corrected chi connectivity index (χ3v) is 4.39. The van der Waals surface area contributed by atoms with Crippen LogP contribution in [0.25, 0.3) is 0 Å². The summed E-state index contributed by atoms with van der Waals surface area (Å²) in [5.74, 6) is 0. The van der Waals surface area contributed by atoms with Crippen molar-refractivity contribution in [1.29, 1.82) is 0 Å². The van der Waals surface area contributed by atoms with Crippen LogP contribution >= 0.6 is 0 Å². The van der Waals surface area contributed by atoms with Gasteiger partial charge in [0.2, 0.25) is 0 Å². The SMILES string of the molecule is Cc1ccc(C)c(Cc2c(C)c(C)cc(C)c2C)c1. The molecule has 0 aliphatic carbocycles. The van der Waals surface area contributed by atoms with Gasteiger partial charge in [0.1, 0.15) is 0 Å². The van der Waals surface area contributed by atoms with Gasteiger partial charge in [-0.15, -0.1) is 0 Å². The minimum atomic E-state index is 1.05. The molecule has 0 radical (unpaired) electrons. The zero-order valence-corrected chi connectivity index (χ0v) is 13.0. The van der Waals surface area contributed by atoms with Crippen molar-refractivity contribution in [2.45, 2.75) is 48.0 Å². The number of benzene rings is 2. The summed E-state index contributed by atoms with van der Waals surface area (Å²) in [7, 11) is 0. The van der Waals surface area contributed by atoms with Gasteiger partial charge in [-0.05, 0) is 86.9 Å². The Hall–Kier alpha value is -1.56. The summed E-state index contributed by atoms with van der Waals surface area (Å²) >= 11 is 0. The molecule has 0 heterocycles. The maximum atomic E-state index is 2.33. The molecule has 2 aromatic carbocycles. The van der Waals surface area contributed by atoms with Crippen molar-refractivity contribution in [1.82, 2.24) is 0 Å². The van der Waals surface area contributed by atoms with E-state index in [1.54, 1.807) is 0 Å². The van der Waals surface area contributed by atoms with Crippen LogP contribution in [-0.4, -0.2) is 0 Å². The average Bonchev–Trinajstić information content (AvgIpc) is 2.36. The van der Waals surface area contributed by atoms with Crippen LogP contribution in [0.15, 0.2) is 24.3 Å². The van der Waals surface area contributed by atoms with E-state index < -0.39 is 0 Å². The monoisotopic (exact) mass is 252 g/mol. The van der Waals surface area contributed by atoms with Crippen LogP contribution < -0.4 is 0 Å². The molecule has 0 fully saturated rings. The molecule has 0 saturated heterocycles. The van der Waals surface area contributed by atoms with E-state index in [2.05, 4.69) is 65.8 Å². The van der Waals surface area contributed by atoms with Crippen molar-refractivity contribution in [2.24, 2.45) is 0 Å². The molecule has 0 aliphatic heterocycles. The summed E-state index contributed by atoms with van der Waals surface area (Å²) in [4.78, 5) is 0. The second-order valence-corrected chi connectivity index (χ2v) is 5.85. The summed E-state index contributed by atoms with van der Waals surface area (Å²) in [5.41, 5.74) is 11.4. The van der Waals surface area contributed by atoms with Crippen LogP contribution in [0.3, 0.4) is 0 Å². The Labute approximate surface area is 117 Å². The van der Waals surface area contributed by atoms with Gasteiger partial charge in [0, 0.05) is 0 Å². The third kappa shape index (κ3) is 2.73. The number of aryl methyl sites for hydroxylation is 4. The molecule has 0 aliphatic rings. The first-order valence-electron chi connectivity index (χ1n) is 7.02. The third-order valence-electron chi connectivity index (χ3n) is 4.39. The van der Waals surface area contributed by atoms with Gasteiger partial charge in [-0.1, -0.05) is 29.8 Å². The van der Waals surface area contributed by atoms with Crippen LogP contribution in [0.5, 0.6) is 0 Å². The van der Waals surface area contributed by atoms with Crippen molar-refractivity contribution < 1.29 is 0 Å². The molecule has 0 aromatic heterocycles. The van der Waals surface area contributed by atoms with Crippen LogP contribution in [0.4, 0.5) is 0 Å². The summed E-state index contributed by atoms with van der Waals surface area (Å²) in [5, 5.41) is 0. The molecule has 0 amide bonds. The largest absolute Gasteiger partial charge is 0.0590 e. The molecule has 19 heavy (non-hydrogen) atoms. The molecule has 0 heteroatoms. The van der Waals surface area contributed by atoms with Crippen molar-refractivity contribution in [2.75, 3.05) is 0 Å². The predicted molar refractivity (Wildman–Crippen MR) is 84.1 cm³/mol. The van der Waals surface area contributed by atoms with Crippen molar-refractivity contribution >= 4 is 0 Å². The molecule has 0 bridgehead atoms.